The molecule has 2 amide bonds. The molecule has 1 fully saturated rings. The van der Waals surface area contributed by atoms with Crippen LogP contribution in [0.15, 0.2) is 30.6 Å². The minimum absolute atomic E-state index is 0.241. The van der Waals surface area contributed by atoms with Gasteiger partial charge in [0.15, 0.2) is 0 Å². The third-order valence-electron chi connectivity index (χ3n) is 5.28. The number of anilines is 2. The molecule has 0 atom stereocenters. The summed E-state index contributed by atoms with van der Waals surface area (Å²) in [5.74, 6) is 1.05. The van der Waals surface area contributed by atoms with Crippen molar-refractivity contribution in [2.75, 3.05) is 36.4 Å². The van der Waals surface area contributed by atoms with E-state index >= 15 is 0 Å². The highest BCUT2D eigenvalue weighted by molar-refractivity contribution is 6.04. The first kappa shape index (κ1) is 20.8. The standard InChI is InChI=1S/C22H29N5O2/c1-15(2)17-6-5-7-18(16(3)4)21(17)25-22(29)19-12-20(24-13-23-19)27-10-8-26(14-28)9-11-27/h5-7,12-16H,8-11H2,1-4H3,(H,25,29). The van der Waals surface area contributed by atoms with Crippen LogP contribution >= 0.6 is 0 Å². The van der Waals surface area contributed by atoms with E-state index < -0.39 is 0 Å². The van der Waals surface area contributed by atoms with Crippen molar-refractivity contribution in [3.05, 3.63) is 47.4 Å². The lowest BCUT2D eigenvalue weighted by atomic mass is 9.92. The van der Waals surface area contributed by atoms with Gasteiger partial charge in [-0.25, -0.2) is 9.97 Å². The second-order valence-electron chi connectivity index (χ2n) is 7.96. The number of hydrogen-bond acceptors (Lipinski definition) is 5. The Labute approximate surface area is 172 Å². The first-order chi connectivity index (χ1) is 13.9. The number of rotatable bonds is 6. The van der Waals surface area contributed by atoms with Crippen molar-refractivity contribution in [3.63, 3.8) is 0 Å². The van der Waals surface area contributed by atoms with E-state index in [0.29, 0.717) is 49.5 Å². The number of nitrogens with one attached hydrogen (secondary N) is 1. The quantitative estimate of drug-likeness (QED) is 0.760. The highest BCUT2D eigenvalue weighted by Gasteiger charge is 2.20. The maximum atomic E-state index is 13.0. The van der Waals surface area contributed by atoms with Crippen molar-refractivity contribution < 1.29 is 9.59 Å². The van der Waals surface area contributed by atoms with Crippen LogP contribution in [0.25, 0.3) is 0 Å². The number of carbonyl (C=O) groups excluding carboxylic acids is 2. The van der Waals surface area contributed by atoms with Gasteiger partial charge in [-0.05, 0) is 23.0 Å². The molecule has 1 saturated heterocycles. The summed E-state index contributed by atoms with van der Waals surface area (Å²) < 4.78 is 0. The van der Waals surface area contributed by atoms with Crippen LogP contribution in [0.4, 0.5) is 11.5 Å². The molecule has 7 heteroatoms. The summed E-state index contributed by atoms with van der Waals surface area (Å²) >= 11 is 0. The molecular formula is C22H29N5O2. The monoisotopic (exact) mass is 395 g/mol. The largest absolute Gasteiger partial charge is 0.353 e. The summed E-state index contributed by atoms with van der Waals surface area (Å²) in [5.41, 5.74) is 3.44. The SMILES string of the molecule is CC(C)c1cccc(C(C)C)c1NC(=O)c1cc(N2CCN(C=O)CC2)ncn1. The first-order valence-corrected chi connectivity index (χ1v) is 10.1. The molecule has 1 N–H and O–H groups in total. The minimum atomic E-state index is -0.241. The van der Waals surface area contributed by atoms with Gasteiger partial charge in [0.25, 0.3) is 5.91 Å². The van der Waals surface area contributed by atoms with E-state index in [0.717, 1.165) is 23.2 Å². The van der Waals surface area contributed by atoms with Crippen molar-refractivity contribution in [2.24, 2.45) is 0 Å². The van der Waals surface area contributed by atoms with Gasteiger partial charge in [-0.2, -0.15) is 0 Å². The van der Waals surface area contributed by atoms with E-state index in [1.54, 1.807) is 11.0 Å². The van der Waals surface area contributed by atoms with Crippen molar-refractivity contribution >= 4 is 23.8 Å². The highest BCUT2D eigenvalue weighted by Crippen LogP contribution is 2.32. The van der Waals surface area contributed by atoms with E-state index in [9.17, 15) is 9.59 Å². The first-order valence-electron chi connectivity index (χ1n) is 10.1. The van der Waals surface area contributed by atoms with Gasteiger partial charge in [-0.3, -0.25) is 9.59 Å². The zero-order chi connectivity index (χ0) is 21.0. The van der Waals surface area contributed by atoms with Crippen LogP contribution in [0.5, 0.6) is 0 Å². The van der Waals surface area contributed by atoms with Crippen molar-refractivity contribution in [1.29, 1.82) is 0 Å². The Morgan fingerprint density at radius 2 is 1.66 bits per heavy atom. The van der Waals surface area contributed by atoms with E-state index in [2.05, 4.69) is 60.0 Å². The highest BCUT2D eigenvalue weighted by atomic mass is 16.2. The van der Waals surface area contributed by atoms with Crippen LogP contribution in [-0.2, 0) is 4.79 Å². The summed E-state index contributed by atoms with van der Waals surface area (Å²) in [4.78, 5) is 36.2. The summed E-state index contributed by atoms with van der Waals surface area (Å²) in [6.07, 6.45) is 2.29. The molecule has 154 valence electrons. The van der Waals surface area contributed by atoms with Crippen LogP contribution in [0.2, 0.25) is 0 Å². The Morgan fingerprint density at radius 1 is 1.03 bits per heavy atom. The molecule has 0 spiro atoms. The summed E-state index contributed by atoms with van der Waals surface area (Å²) in [7, 11) is 0. The Balaban J connectivity index is 1.83. The fourth-order valence-electron chi connectivity index (χ4n) is 3.57. The van der Waals surface area contributed by atoms with E-state index in [-0.39, 0.29) is 5.91 Å². The fourth-order valence-corrected chi connectivity index (χ4v) is 3.57. The molecule has 0 saturated carbocycles. The van der Waals surface area contributed by atoms with Crippen LogP contribution in [-0.4, -0.2) is 53.4 Å². The Morgan fingerprint density at radius 3 is 2.21 bits per heavy atom. The number of aromatic nitrogens is 2. The predicted molar refractivity (Wildman–Crippen MR) is 114 cm³/mol. The van der Waals surface area contributed by atoms with Crippen LogP contribution in [0.3, 0.4) is 0 Å². The molecule has 1 aliphatic rings. The average molecular weight is 396 g/mol. The zero-order valence-electron chi connectivity index (χ0n) is 17.6. The molecular weight excluding hydrogens is 366 g/mol. The molecule has 29 heavy (non-hydrogen) atoms. The summed E-state index contributed by atoms with van der Waals surface area (Å²) in [6, 6.07) is 7.88. The summed E-state index contributed by atoms with van der Waals surface area (Å²) in [6.45, 7) is 11.2. The molecule has 0 unspecified atom stereocenters. The maximum absolute atomic E-state index is 13.0. The molecule has 0 bridgehead atoms. The van der Waals surface area contributed by atoms with Crippen LogP contribution < -0.4 is 10.2 Å². The number of amides is 2. The van der Waals surface area contributed by atoms with Gasteiger partial charge in [-0.1, -0.05) is 45.9 Å². The summed E-state index contributed by atoms with van der Waals surface area (Å²) in [5, 5.41) is 3.10. The smallest absolute Gasteiger partial charge is 0.274 e. The van der Waals surface area contributed by atoms with Gasteiger partial charge in [-0.15, -0.1) is 0 Å². The Bertz CT molecular complexity index is 847. The van der Waals surface area contributed by atoms with Gasteiger partial charge in [0.1, 0.15) is 17.8 Å². The molecule has 1 aromatic heterocycles. The molecule has 7 nitrogen and oxygen atoms in total. The van der Waals surface area contributed by atoms with E-state index in [4.69, 9.17) is 0 Å². The normalized spacial score (nSPS) is 14.4. The Kier molecular flexibility index (Phi) is 6.46. The van der Waals surface area contributed by atoms with Crippen molar-refractivity contribution in [1.82, 2.24) is 14.9 Å². The third kappa shape index (κ3) is 4.72. The molecule has 0 radical (unpaired) electrons. The Hall–Kier alpha value is -2.96. The second kappa shape index (κ2) is 9.03. The van der Waals surface area contributed by atoms with Gasteiger partial charge >= 0.3 is 0 Å². The fraction of sp³-hybridized carbons (Fsp3) is 0.455. The number of hydrogen-bond donors (Lipinski definition) is 1. The molecule has 3 rings (SSSR count). The van der Waals surface area contributed by atoms with Crippen LogP contribution in [0.1, 0.15) is 61.1 Å². The number of para-hydroxylation sites is 1. The lowest BCUT2D eigenvalue weighted by molar-refractivity contribution is -0.118. The number of carbonyl (C=O) groups is 2. The van der Waals surface area contributed by atoms with Gasteiger partial charge < -0.3 is 15.1 Å². The third-order valence-corrected chi connectivity index (χ3v) is 5.28. The average Bonchev–Trinajstić information content (AvgIpc) is 2.73. The molecule has 1 aliphatic heterocycles. The molecule has 2 aromatic rings. The second-order valence-corrected chi connectivity index (χ2v) is 7.96. The van der Waals surface area contributed by atoms with Gasteiger partial charge in [0.05, 0.1) is 0 Å². The predicted octanol–water partition coefficient (Wildman–Crippen LogP) is 3.25. The maximum Gasteiger partial charge on any atom is 0.274 e. The molecule has 0 aliphatic carbocycles. The number of piperazine rings is 1. The van der Waals surface area contributed by atoms with Gasteiger partial charge in [0, 0.05) is 37.9 Å². The number of nitrogens with zero attached hydrogens (tertiary/aromatic N) is 4. The zero-order valence-corrected chi connectivity index (χ0v) is 17.6. The van der Waals surface area contributed by atoms with Crippen molar-refractivity contribution in [3.8, 4) is 0 Å². The van der Waals surface area contributed by atoms with Crippen molar-refractivity contribution in [2.45, 2.75) is 39.5 Å². The van der Waals surface area contributed by atoms with E-state index in [1.165, 1.54) is 6.33 Å². The lowest BCUT2D eigenvalue weighted by Crippen LogP contribution is -2.46. The van der Waals surface area contributed by atoms with Gasteiger partial charge in [0.2, 0.25) is 6.41 Å². The minimum Gasteiger partial charge on any atom is -0.353 e. The molecule has 1 aromatic carbocycles. The molecule has 2 heterocycles. The topological polar surface area (TPSA) is 78.4 Å². The van der Waals surface area contributed by atoms with E-state index in [1.807, 2.05) is 6.07 Å². The van der Waals surface area contributed by atoms with Crippen LogP contribution in [0, 0.1) is 0 Å². The number of benzene rings is 1. The lowest BCUT2D eigenvalue weighted by Gasteiger charge is -2.33.